The molecule has 0 unspecified atom stereocenters. The van der Waals surface area contributed by atoms with Gasteiger partial charge in [0.25, 0.3) is 5.56 Å². The molecule has 0 amide bonds. The third-order valence-electron chi connectivity index (χ3n) is 2.67. The molecule has 0 bridgehead atoms. The standard InChI is InChI=1S/C11H10N4O/c12-10-9(11(16)15-14-10)7-2-1-3-8-6(7)4-5-13-8/h1-5,13H,(H4,12,14,15,16). The van der Waals surface area contributed by atoms with Crippen LogP contribution in [-0.4, -0.2) is 15.2 Å². The molecule has 0 aliphatic heterocycles. The zero-order valence-electron chi connectivity index (χ0n) is 8.37. The van der Waals surface area contributed by atoms with Crippen LogP contribution in [-0.2, 0) is 0 Å². The summed E-state index contributed by atoms with van der Waals surface area (Å²) in [7, 11) is 0. The van der Waals surface area contributed by atoms with Crippen molar-refractivity contribution in [1.82, 2.24) is 15.2 Å². The summed E-state index contributed by atoms with van der Waals surface area (Å²) in [5.41, 5.74) is 7.84. The lowest BCUT2D eigenvalue weighted by Gasteiger charge is -2.00. The van der Waals surface area contributed by atoms with Crippen molar-refractivity contribution in [3.05, 3.63) is 40.8 Å². The number of H-pyrrole nitrogens is 3. The summed E-state index contributed by atoms with van der Waals surface area (Å²) < 4.78 is 0. The molecule has 5 N–H and O–H groups in total. The molecular formula is C11H10N4O. The molecule has 0 aliphatic rings. The number of aromatic amines is 3. The van der Waals surface area contributed by atoms with Gasteiger partial charge in [-0.25, -0.2) is 0 Å². The molecule has 5 heteroatoms. The van der Waals surface area contributed by atoms with Gasteiger partial charge in [-0.1, -0.05) is 12.1 Å². The van der Waals surface area contributed by atoms with Gasteiger partial charge in [0, 0.05) is 22.7 Å². The van der Waals surface area contributed by atoms with Crippen molar-refractivity contribution in [3.8, 4) is 11.1 Å². The van der Waals surface area contributed by atoms with Gasteiger partial charge in [-0.2, -0.15) is 0 Å². The van der Waals surface area contributed by atoms with E-state index >= 15 is 0 Å². The molecule has 0 saturated heterocycles. The van der Waals surface area contributed by atoms with Crippen LogP contribution >= 0.6 is 0 Å². The molecule has 0 atom stereocenters. The van der Waals surface area contributed by atoms with Gasteiger partial charge in [-0.05, 0) is 12.1 Å². The Morgan fingerprint density at radius 1 is 1.12 bits per heavy atom. The molecule has 0 aliphatic carbocycles. The van der Waals surface area contributed by atoms with Crippen LogP contribution in [0.3, 0.4) is 0 Å². The van der Waals surface area contributed by atoms with Gasteiger partial charge >= 0.3 is 0 Å². The number of hydrogen-bond donors (Lipinski definition) is 4. The highest BCUT2D eigenvalue weighted by molar-refractivity contribution is 5.97. The van der Waals surface area contributed by atoms with Crippen molar-refractivity contribution >= 4 is 16.7 Å². The Balaban J connectivity index is 2.42. The highest BCUT2D eigenvalue weighted by Gasteiger charge is 2.12. The maximum absolute atomic E-state index is 11.6. The van der Waals surface area contributed by atoms with Crippen molar-refractivity contribution < 1.29 is 0 Å². The molecule has 0 saturated carbocycles. The molecule has 80 valence electrons. The quantitative estimate of drug-likeness (QED) is 0.493. The number of fused-ring (bicyclic) bond motifs is 1. The number of benzene rings is 1. The Morgan fingerprint density at radius 2 is 2.00 bits per heavy atom. The van der Waals surface area contributed by atoms with Crippen molar-refractivity contribution in [3.63, 3.8) is 0 Å². The predicted molar refractivity (Wildman–Crippen MR) is 63.1 cm³/mol. The van der Waals surface area contributed by atoms with E-state index in [-0.39, 0.29) is 5.56 Å². The van der Waals surface area contributed by atoms with Gasteiger partial charge < -0.3 is 10.7 Å². The van der Waals surface area contributed by atoms with E-state index in [1.165, 1.54) is 0 Å². The fourth-order valence-electron chi connectivity index (χ4n) is 1.94. The Bertz CT molecular complexity index is 704. The van der Waals surface area contributed by atoms with Crippen molar-refractivity contribution in [1.29, 1.82) is 0 Å². The Labute approximate surface area is 90.3 Å². The van der Waals surface area contributed by atoms with E-state index in [1.807, 2.05) is 30.5 Å². The number of anilines is 1. The van der Waals surface area contributed by atoms with Crippen LogP contribution in [0.1, 0.15) is 0 Å². The first-order valence-corrected chi connectivity index (χ1v) is 4.90. The van der Waals surface area contributed by atoms with Crippen LogP contribution in [0, 0.1) is 0 Å². The minimum atomic E-state index is -0.203. The van der Waals surface area contributed by atoms with E-state index in [0.29, 0.717) is 11.4 Å². The van der Waals surface area contributed by atoms with E-state index in [9.17, 15) is 4.79 Å². The third kappa shape index (κ3) is 1.08. The highest BCUT2D eigenvalue weighted by atomic mass is 16.1. The second-order valence-corrected chi connectivity index (χ2v) is 3.61. The number of hydrogen-bond acceptors (Lipinski definition) is 2. The first-order chi connectivity index (χ1) is 7.77. The molecule has 0 radical (unpaired) electrons. The van der Waals surface area contributed by atoms with Gasteiger partial charge in [-0.15, -0.1) is 0 Å². The first-order valence-electron chi connectivity index (χ1n) is 4.90. The normalized spacial score (nSPS) is 11.0. The molecule has 16 heavy (non-hydrogen) atoms. The molecule has 2 heterocycles. The largest absolute Gasteiger partial charge is 0.383 e. The Morgan fingerprint density at radius 3 is 2.75 bits per heavy atom. The zero-order valence-corrected chi connectivity index (χ0v) is 8.37. The average molecular weight is 214 g/mol. The fraction of sp³-hybridized carbons (Fsp3) is 0. The second-order valence-electron chi connectivity index (χ2n) is 3.61. The molecule has 2 aromatic heterocycles. The Kier molecular flexibility index (Phi) is 1.67. The Hall–Kier alpha value is -2.43. The number of rotatable bonds is 1. The van der Waals surface area contributed by atoms with Crippen LogP contribution < -0.4 is 11.3 Å². The smallest absolute Gasteiger partial charge is 0.274 e. The van der Waals surface area contributed by atoms with Crippen LogP contribution in [0.25, 0.3) is 22.0 Å². The summed E-state index contributed by atoms with van der Waals surface area (Å²) in [5, 5.41) is 6.08. The monoisotopic (exact) mass is 214 g/mol. The van der Waals surface area contributed by atoms with Gasteiger partial charge in [0.05, 0.1) is 5.56 Å². The molecule has 1 aromatic carbocycles. The van der Waals surface area contributed by atoms with Crippen molar-refractivity contribution in [2.75, 3.05) is 5.73 Å². The number of aromatic nitrogens is 3. The maximum Gasteiger partial charge on any atom is 0.274 e. The van der Waals surface area contributed by atoms with E-state index < -0.39 is 0 Å². The lowest BCUT2D eigenvalue weighted by Crippen LogP contribution is -2.02. The number of nitrogens with one attached hydrogen (secondary N) is 3. The fourth-order valence-corrected chi connectivity index (χ4v) is 1.94. The summed E-state index contributed by atoms with van der Waals surface area (Å²) in [4.78, 5) is 14.7. The van der Waals surface area contributed by atoms with E-state index in [1.54, 1.807) is 0 Å². The molecule has 5 nitrogen and oxygen atoms in total. The minimum Gasteiger partial charge on any atom is -0.383 e. The number of nitrogen functional groups attached to an aromatic ring is 1. The number of nitrogens with two attached hydrogens (primary N) is 1. The molecule has 3 rings (SSSR count). The topological polar surface area (TPSA) is 90.5 Å². The van der Waals surface area contributed by atoms with Gasteiger partial charge in [0.15, 0.2) is 0 Å². The van der Waals surface area contributed by atoms with Crippen molar-refractivity contribution in [2.45, 2.75) is 0 Å². The average Bonchev–Trinajstić information content (AvgIpc) is 2.86. The lowest BCUT2D eigenvalue weighted by atomic mass is 10.0. The van der Waals surface area contributed by atoms with Crippen molar-refractivity contribution in [2.24, 2.45) is 0 Å². The molecular weight excluding hydrogens is 204 g/mol. The van der Waals surface area contributed by atoms with E-state index in [0.717, 1.165) is 16.5 Å². The highest BCUT2D eigenvalue weighted by Crippen LogP contribution is 2.28. The van der Waals surface area contributed by atoms with E-state index in [2.05, 4.69) is 15.2 Å². The van der Waals surface area contributed by atoms with Crippen LogP contribution in [0.2, 0.25) is 0 Å². The summed E-state index contributed by atoms with van der Waals surface area (Å²) >= 11 is 0. The predicted octanol–water partition coefficient (Wildman–Crippen LogP) is 1.43. The molecule has 0 spiro atoms. The third-order valence-corrected chi connectivity index (χ3v) is 2.67. The minimum absolute atomic E-state index is 0.203. The van der Waals surface area contributed by atoms with Crippen LogP contribution in [0.4, 0.5) is 5.82 Å². The maximum atomic E-state index is 11.6. The van der Waals surface area contributed by atoms with Gasteiger partial charge in [0.2, 0.25) is 0 Å². The zero-order chi connectivity index (χ0) is 11.1. The van der Waals surface area contributed by atoms with Gasteiger partial charge in [-0.3, -0.25) is 15.0 Å². The van der Waals surface area contributed by atoms with Crippen LogP contribution in [0.5, 0.6) is 0 Å². The lowest BCUT2D eigenvalue weighted by molar-refractivity contribution is 1.06. The van der Waals surface area contributed by atoms with Crippen LogP contribution in [0.15, 0.2) is 35.3 Å². The molecule has 0 fully saturated rings. The SMILES string of the molecule is Nc1[nH][nH]c(=O)c1-c1cccc2[nH]ccc12. The van der Waals surface area contributed by atoms with E-state index in [4.69, 9.17) is 5.73 Å². The molecule has 3 aromatic rings. The van der Waals surface area contributed by atoms with Gasteiger partial charge in [0.1, 0.15) is 5.82 Å². The second kappa shape index (κ2) is 3.03. The summed E-state index contributed by atoms with van der Waals surface area (Å²) in [6.07, 6.45) is 1.84. The summed E-state index contributed by atoms with van der Waals surface area (Å²) in [6, 6.07) is 7.65. The summed E-state index contributed by atoms with van der Waals surface area (Å²) in [5.74, 6) is 0.360. The summed E-state index contributed by atoms with van der Waals surface area (Å²) in [6.45, 7) is 0. The first kappa shape index (κ1) is 8.84.